The number of nitrogens with one attached hydrogen (secondary N) is 2. The molecule has 1 unspecified atom stereocenters. The molecule has 184 valence electrons. The van der Waals surface area contributed by atoms with Gasteiger partial charge >= 0.3 is 0 Å². The second-order valence-electron chi connectivity index (χ2n) is 9.63. The van der Waals surface area contributed by atoms with E-state index in [0.717, 1.165) is 16.7 Å². The molecule has 2 amide bonds. The second-order valence-corrected chi connectivity index (χ2v) is 11.4. The van der Waals surface area contributed by atoms with Crippen molar-refractivity contribution in [1.29, 1.82) is 0 Å². The number of carbonyl (C=O) groups excluding carboxylic acids is 2. The van der Waals surface area contributed by atoms with Crippen LogP contribution >= 0.6 is 0 Å². The summed E-state index contributed by atoms with van der Waals surface area (Å²) in [5, 5.41) is 2.96. The molecule has 1 aliphatic heterocycles. The van der Waals surface area contributed by atoms with Crippen LogP contribution in [-0.4, -0.2) is 37.2 Å². The topological polar surface area (TPSA) is 95.6 Å². The Balaban J connectivity index is 1.76. The molecule has 0 saturated heterocycles. The zero-order chi connectivity index (χ0) is 24.9. The first-order chi connectivity index (χ1) is 16.1. The first kappa shape index (κ1) is 25.9. The SMILES string of the molecule is CC(C)CC(=O)N1Cc2ccccc2CC1C(=O)NCc1ccccc1CS(=O)(=O)NC(C)C. The van der Waals surface area contributed by atoms with E-state index >= 15 is 0 Å². The molecule has 34 heavy (non-hydrogen) atoms. The average molecular weight is 486 g/mol. The van der Waals surface area contributed by atoms with Crippen LogP contribution in [0.15, 0.2) is 48.5 Å². The molecule has 8 heteroatoms. The molecule has 0 saturated carbocycles. The van der Waals surface area contributed by atoms with Gasteiger partial charge in [0.2, 0.25) is 21.8 Å². The quantitative estimate of drug-likeness (QED) is 0.570. The molecule has 7 nitrogen and oxygen atoms in total. The van der Waals surface area contributed by atoms with Crippen LogP contribution in [-0.2, 0) is 44.9 Å². The number of hydrogen-bond acceptors (Lipinski definition) is 4. The van der Waals surface area contributed by atoms with Gasteiger partial charge in [-0.05, 0) is 42.0 Å². The lowest BCUT2D eigenvalue weighted by molar-refractivity contribution is -0.142. The van der Waals surface area contributed by atoms with E-state index in [9.17, 15) is 18.0 Å². The van der Waals surface area contributed by atoms with Crippen molar-refractivity contribution in [1.82, 2.24) is 14.9 Å². The number of carbonyl (C=O) groups is 2. The van der Waals surface area contributed by atoms with Gasteiger partial charge in [0.25, 0.3) is 0 Å². The first-order valence-corrected chi connectivity index (χ1v) is 13.4. The molecule has 2 N–H and O–H groups in total. The van der Waals surface area contributed by atoms with Crippen molar-refractivity contribution in [3.63, 3.8) is 0 Å². The molecule has 1 aliphatic rings. The van der Waals surface area contributed by atoms with Gasteiger partial charge in [0.15, 0.2) is 0 Å². The van der Waals surface area contributed by atoms with Crippen LogP contribution in [0.4, 0.5) is 0 Å². The number of rotatable bonds is 9. The van der Waals surface area contributed by atoms with Crippen molar-refractivity contribution in [3.8, 4) is 0 Å². The summed E-state index contributed by atoms with van der Waals surface area (Å²) in [6.45, 7) is 8.14. The third-order valence-corrected chi connectivity index (χ3v) is 7.31. The van der Waals surface area contributed by atoms with E-state index < -0.39 is 16.1 Å². The van der Waals surface area contributed by atoms with Gasteiger partial charge in [-0.2, -0.15) is 0 Å². The monoisotopic (exact) mass is 485 g/mol. The van der Waals surface area contributed by atoms with Gasteiger partial charge < -0.3 is 10.2 Å². The largest absolute Gasteiger partial charge is 0.350 e. The summed E-state index contributed by atoms with van der Waals surface area (Å²) < 4.78 is 27.5. The zero-order valence-corrected chi connectivity index (χ0v) is 21.2. The van der Waals surface area contributed by atoms with Gasteiger partial charge in [-0.25, -0.2) is 13.1 Å². The molecule has 0 spiro atoms. The second kappa shape index (κ2) is 11.1. The predicted octanol–water partition coefficient (Wildman–Crippen LogP) is 3.13. The maximum atomic E-state index is 13.3. The molecule has 1 heterocycles. The number of nitrogens with zero attached hydrogens (tertiary/aromatic N) is 1. The van der Waals surface area contributed by atoms with Crippen molar-refractivity contribution < 1.29 is 18.0 Å². The summed E-state index contributed by atoms with van der Waals surface area (Å²) in [6.07, 6.45) is 0.843. The molecule has 2 aromatic carbocycles. The lowest BCUT2D eigenvalue weighted by Gasteiger charge is -2.36. The summed E-state index contributed by atoms with van der Waals surface area (Å²) in [5.41, 5.74) is 3.51. The third-order valence-electron chi connectivity index (χ3n) is 5.79. The number of hydrogen-bond donors (Lipinski definition) is 2. The Kier molecular flexibility index (Phi) is 8.49. The number of sulfonamides is 1. The van der Waals surface area contributed by atoms with Crippen molar-refractivity contribution in [3.05, 3.63) is 70.8 Å². The predicted molar refractivity (Wildman–Crippen MR) is 133 cm³/mol. The normalized spacial score (nSPS) is 15.9. The maximum Gasteiger partial charge on any atom is 0.243 e. The fourth-order valence-electron chi connectivity index (χ4n) is 4.26. The standard InChI is InChI=1S/C26H35N3O4S/c1-18(2)13-25(30)29-16-22-11-7-5-9-20(22)14-24(29)26(31)27-15-21-10-6-8-12-23(21)17-34(32,33)28-19(3)4/h5-12,18-19,24,28H,13-17H2,1-4H3,(H,27,31). The Morgan fingerprint density at radius 1 is 0.971 bits per heavy atom. The van der Waals surface area contributed by atoms with Crippen molar-refractivity contribution in [2.45, 2.75) is 71.5 Å². The molecule has 0 aromatic heterocycles. The first-order valence-electron chi connectivity index (χ1n) is 11.8. The van der Waals surface area contributed by atoms with Crippen molar-refractivity contribution >= 4 is 21.8 Å². The van der Waals surface area contributed by atoms with E-state index in [1.54, 1.807) is 30.9 Å². The fourth-order valence-corrected chi connectivity index (χ4v) is 5.75. The zero-order valence-electron chi connectivity index (χ0n) is 20.4. The van der Waals surface area contributed by atoms with Crippen LogP contribution in [0.2, 0.25) is 0 Å². The fraction of sp³-hybridized carbons (Fsp3) is 0.462. The molecule has 0 radical (unpaired) electrons. The summed E-state index contributed by atoms with van der Waals surface area (Å²) in [4.78, 5) is 27.9. The summed E-state index contributed by atoms with van der Waals surface area (Å²) in [5.74, 6) is -0.227. The van der Waals surface area contributed by atoms with Gasteiger partial charge in [-0.3, -0.25) is 9.59 Å². The number of fused-ring (bicyclic) bond motifs is 1. The Morgan fingerprint density at radius 3 is 2.24 bits per heavy atom. The number of benzene rings is 2. The van der Waals surface area contributed by atoms with E-state index in [4.69, 9.17) is 0 Å². The molecule has 0 fully saturated rings. The van der Waals surface area contributed by atoms with Crippen LogP contribution in [0.3, 0.4) is 0 Å². The smallest absolute Gasteiger partial charge is 0.243 e. The molecule has 2 aromatic rings. The van der Waals surface area contributed by atoms with Crippen LogP contribution < -0.4 is 10.0 Å². The van der Waals surface area contributed by atoms with Gasteiger partial charge in [-0.1, -0.05) is 62.4 Å². The molecule has 0 bridgehead atoms. The van der Waals surface area contributed by atoms with Gasteiger partial charge in [-0.15, -0.1) is 0 Å². The Hall–Kier alpha value is -2.71. The Bertz CT molecular complexity index is 1130. The van der Waals surface area contributed by atoms with E-state index in [2.05, 4.69) is 10.0 Å². The summed E-state index contributed by atoms with van der Waals surface area (Å²) in [6, 6.07) is 14.3. The minimum Gasteiger partial charge on any atom is -0.350 e. The lowest BCUT2D eigenvalue weighted by Crippen LogP contribution is -2.52. The minimum atomic E-state index is -3.50. The molecular formula is C26H35N3O4S. The van der Waals surface area contributed by atoms with E-state index in [1.807, 2.05) is 50.2 Å². The van der Waals surface area contributed by atoms with Crippen molar-refractivity contribution in [2.75, 3.05) is 0 Å². The highest BCUT2D eigenvalue weighted by atomic mass is 32.2. The highest BCUT2D eigenvalue weighted by Crippen LogP contribution is 2.25. The van der Waals surface area contributed by atoms with Crippen LogP contribution in [0.25, 0.3) is 0 Å². The molecule has 0 aliphatic carbocycles. The maximum absolute atomic E-state index is 13.3. The Labute approximate surface area is 203 Å². The molecular weight excluding hydrogens is 450 g/mol. The third kappa shape index (κ3) is 6.90. The Morgan fingerprint density at radius 2 is 1.59 bits per heavy atom. The lowest BCUT2D eigenvalue weighted by atomic mass is 9.92. The molecule has 1 atom stereocenters. The summed E-state index contributed by atoms with van der Waals surface area (Å²) in [7, 11) is -3.50. The van der Waals surface area contributed by atoms with Gasteiger partial charge in [0.05, 0.1) is 5.75 Å². The van der Waals surface area contributed by atoms with E-state index in [-0.39, 0.29) is 36.1 Å². The van der Waals surface area contributed by atoms with E-state index in [0.29, 0.717) is 24.9 Å². The van der Waals surface area contributed by atoms with Crippen LogP contribution in [0.5, 0.6) is 0 Å². The van der Waals surface area contributed by atoms with Crippen molar-refractivity contribution in [2.24, 2.45) is 5.92 Å². The minimum absolute atomic E-state index is 0.0316. The summed E-state index contributed by atoms with van der Waals surface area (Å²) >= 11 is 0. The van der Waals surface area contributed by atoms with Crippen LogP contribution in [0, 0.1) is 5.92 Å². The van der Waals surface area contributed by atoms with Gasteiger partial charge in [0.1, 0.15) is 6.04 Å². The van der Waals surface area contributed by atoms with Crippen LogP contribution in [0.1, 0.15) is 56.4 Å². The average Bonchev–Trinajstić information content (AvgIpc) is 2.75. The number of amides is 2. The highest BCUT2D eigenvalue weighted by Gasteiger charge is 2.34. The van der Waals surface area contributed by atoms with E-state index in [1.165, 1.54) is 0 Å². The molecule has 3 rings (SSSR count). The highest BCUT2D eigenvalue weighted by molar-refractivity contribution is 7.88. The van der Waals surface area contributed by atoms with Gasteiger partial charge in [0, 0.05) is 32.0 Å².